The molecule has 10 nitrogen and oxygen atoms in total. The van der Waals surface area contributed by atoms with Gasteiger partial charge in [0.25, 0.3) is 0 Å². The molecule has 0 aromatic heterocycles. The van der Waals surface area contributed by atoms with Crippen molar-refractivity contribution in [1.29, 1.82) is 0 Å². The van der Waals surface area contributed by atoms with Crippen molar-refractivity contribution in [3.8, 4) is 0 Å². The van der Waals surface area contributed by atoms with Gasteiger partial charge >= 0.3 is 0 Å². The molecule has 3 aliphatic rings. The van der Waals surface area contributed by atoms with E-state index < -0.39 is 68.0 Å². The van der Waals surface area contributed by atoms with Crippen LogP contribution in [0.15, 0.2) is 0 Å². The molecule has 128 valence electrons. The Morgan fingerprint density at radius 3 is 2.23 bits per heavy atom. The topological polar surface area (TPSA) is 158 Å². The first-order valence-electron chi connectivity index (χ1n) is 6.96. The molecular formula is C12H20O10. The van der Waals surface area contributed by atoms with Gasteiger partial charge in [-0.1, -0.05) is 0 Å². The third-order valence-corrected chi connectivity index (χ3v) is 4.42. The van der Waals surface area contributed by atoms with E-state index in [1.165, 1.54) is 0 Å². The van der Waals surface area contributed by atoms with Crippen LogP contribution in [0, 0.1) is 0 Å². The van der Waals surface area contributed by atoms with Gasteiger partial charge in [0.05, 0.1) is 13.2 Å². The summed E-state index contributed by atoms with van der Waals surface area (Å²) < 4.78 is 21.5. The lowest BCUT2D eigenvalue weighted by atomic mass is 10.1. The molecular weight excluding hydrogens is 304 g/mol. The van der Waals surface area contributed by atoms with Crippen LogP contribution in [0.3, 0.4) is 0 Å². The number of hydrogen-bond donors (Lipinski definition) is 6. The Morgan fingerprint density at radius 1 is 0.909 bits per heavy atom. The van der Waals surface area contributed by atoms with Gasteiger partial charge in [0.2, 0.25) is 11.6 Å². The Bertz CT molecular complexity index is 421. The number of aliphatic hydroxyl groups excluding tert-OH is 6. The minimum atomic E-state index is -1.87. The number of ether oxygens (including phenoxy) is 4. The van der Waals surface area contributed by atoms with Crippen molar-refractivity contribution in [3.05, 3.63) is 0 Å². The lowest BCUT2D eigenvalue weighted by molar-refractivity contribution is -0.363. The van der Waals surface area contributed by atoms with E-state index in [0.717, 1.165) is 0 Å². The maximum absolute atomic E-state index is 10.2. The summed E-state index contributed by atoms with van der Waals surface area (Å²) in [5, 5.41) is 58.6. The Hall–Kier alpha value is -0.400. The van der Waals surface area contributed by atoms with E-state index in [-0.39, 0.29) is 6.61 Å². The minimum absolute atomic E-state index is 0.273. The predicted octanol–water partition coefficient (Wildman–Crippen LogP) is -4.35. The third-order valence-electron chi connectivity index (χ3n) is 4.42. The maximum Gasteiger partial charge on any atom is 0.222 e. The Kier molecular flexibility index (Phi) is 4.19. The fourth-order valence-corrected chi connectivity index (χ4v) is 3.02. The van der Waals surface area contributed by atoms with Gasteiger partial charge in [0.15, 0.2) is 0 Å². The molecule has 0 aromatic rings. The van der Waals surface area contributed by atoms with E-state index in [1.54, 1.807) is 0 Å². The second-order valence-corrected chi connectivity index (χ2v) is 5.75. The normalized spacial score (nSPS) is 55.4. The van der Waals surface area contributed by atoms with Gasteiger partial charge in [-0.25, -0.2) is 0 Å². The molecule has 0 aliphatic carbocycles. The second-order valence-electron chi connectivity index (χ2n) is 5.75. The summed E-state index contributed by atoms with van der Waals surface area (Å²) in [5.41, 5.74) is 0. The summed E-state index contributed by atoms with van der Waals surface area (Å²) in [6.45, 7) is -2.04. The van der Waals surface area contributed by atoms with Crippen LogP contribution < -0.4 is 0 Å². The maximum atomic E-state index is 10.2. The van der Waals surface area contributed by atoms with Gasteiger partial charge in [-0.3, -0.25) is 0 Å². The van der Waals surface area contributed by atoms with E-state index in [4.69, 9.17) is 24.1 Å². The number of fused-ring (bicyclic) bond motifs is 2. The van der Waals surface area contributed by atoms with Gasteiger partial charge in [-0.15, -0.1) is 0 Å². The zero-order valence-corrected chi connectivity index (χ0v) is 11.6. The molecule has 3 heterocycles. The van der Waals surface area contributed by atoms with Crippen molar-refractivity contribution in [2.45, 2.75) is 48.2 Å². The van der Waals surface area contributed by atoms with Crippen molar-refractivity contribution in [2.24, 2.45) is 0 Å². The largest absolute Gasteiger partial charge is 0.394 e. The molecule has 3 saturated heterocycles. The van der Waals surface area contributed by atoms with E-state index in [0.29, 0.717) is 0 Å². The summed E-state index contributed by atoms with van der Waals surface area (Å²) in [6, 6.07) is 0. The molecule has 22 heavy (non-hydrogen) atoms. The molecule has 0 aromatic carbocycles. The Morgan fingerprint density at radius 2 is 1.64 bits per heavy atom. The van der Waals surface area contributed by atoms with Gasteiger partial charge in [0.1, 0.15) is 49.8 Å². The molecule has 3 aliphatic heterocycles. The second kappa shape index (κ2) is 5.60. The fraction of sp³-hybridized carbons (Fsp3) is 1.00. The molecule has 6 N–H and O–H groups in total. The van der Waals surface area contributed by atoms with Crippen LogP contribution in [-0.2, 0) is 18.9 Å². The molecule has 8 atom stereocenters. The van der Waals surface area contributed by atoms with Gasteiger partial charge in [-0.2, -0.15) is 0 Å². The summed E-state index contributed by atoms with van der Waals surface area (Å²) in [5.74, 6) is -3.66. The van der Waals surface area contributed by atoms with Gasteiger partial charge < -0.3 is 49.6 Å². The molecule has 10 heteroatoms. The molecule has 0 amide bonds. The zero-order chi connectivity index (χ0) is 16.1. The smallest absolute Gasteiger partial charge is 0.222 e. The lowest BCUT2D eigenvalue weighted by Crippen LogP contribution is -2.56. The van der Waals surface area contributed by atoms with E-state index in [9.17, 15) is 25.5 Å². The van der Waals surface area contributed by atoms with Crippen LogP contribution in [0.2, 0.25) is 0 Å². The first kappa shape index (κ1) is 16.5. The Labute approximate surface area is 125 Å². The fourth-order valence-electron chi connectivity index (χ4n) is 3.02. The van der Waals surface area contributed by atoms with E-state index in [1.807, 2.05) is 0 Å². The zero-order valence-electron chi connectivity index (χ0n) is 11.6. The van der Waals surface area contributed by atoms with Crippen molar-refractivity contribution in [3.63, 3.8) is 0 Å². The van der Waals surface area contributed by atoms with Crippen LogP contribution in [0.4, 0.5) is 0 Å². The van der Waals surface area contributed by atoms with E-state index in [2.05, 4.69) is 0 Å². The monoisotopic (exact) mass is 324 g/mol. The van der Waals surface area contributed by atoms with Crippen LogP contribution in [0.5, 0.6) is 0 Å². The summed E-state index contributed by atoms with van der Waals surface area (Å²) >= 11 is 0. The van der Waals surface area contributed by atoms with Crippen molar-refractivity contribution in [1.82, 2.24) is 0 Å². The van der Waals surface area contributed by atoms with Crippen molar-refractivity contribution >= 4 is 0 Å². The number of hydrogen-bond acceptors (Lipinski definition) is 10. The first-order valence-corrected chi connectivity index (χ1v) is 6.96. The van der Waals surface area contributed by atoms with Crippen molar-refractivity contribution in [2.75, 3.05) is 26.4 Å². The van der Waals surface area contributed by atoms with Gasteiger partial charge in [0, 0.05) is 0 Å². The quantitative estimate of drug-likeness (QED) is 0.293. The highest BCUT2D eigenvalue weighted by molar-refractivity contribution is 5.02. The third kappa shape index (κ3) is 2.19. The molecule has 2 bridgehead atoms. The highest BCUT2D eigenvalue weighted by atomic mass is 16.8. The number of rotatable bonds is 2. The highest BCUT2D eigenvalue weighted by Crippen LogP contribution is 2.40. The van der Waals surface area contributed by atoms with Crippen LogP contribution >= 0.6 is 0 Å². The first-order chi connectivity index (χ1) is 10.4. The van der Waals surface area contributed by atoms with E-state index >= 15 is 0 Å². The molecule has 0 saturated carbocycles. The van der Waals surface area contributed by atoms with Crippen LogP contribution in [0.1, 0.15) is 0 Å². The average molecular weight is 324 g/mol. The lowest BCUT2D eigenvalue weighted by Gasteiger charge is -2.39. The molecule has 3 rings (SSSR count). The standard InChI is InChI=1S/C12H20O10/c13-1-5-7(15)10(18)12(21-5)4-20-11(3-14)9(17)8(16)6(22-11)2-19-12/h5-10,13-18H,1-4H2. The highest BCUT2D eigenvalue weighted by Gasteiger charge is 2.62. The van der Waals surface area contributed by atoms with Crippen molar-refractivity contribution < 1.29 is 49.6 Å². The van der Waals surface area contributed by atoms with Gasteiger partial charge in [-0.05, 0) is 0 Å². The molecule has 8 unspecified atom stereocenters. The predicted molar refractivity (Wildman–Crippen MR) is 65.3 cm³/mol. The molecule has 1 spiro atoms. The summed E-state index contributed by atoms with van der Waals surface area (Å²) in [6.07, 6.45) is -7.88. The SMILES string of the molecule is OCC1OC2(COC3(CO)OC(CO2)C(O)C3O)C(O)C1O. The summed E-state index contributed by atoms with van der Waals surface area (Å²) in [4.78, 5) is 0. The number of aliphatic hydroxyl groups is 6. The van der Waals surface area contributed by atoms with Crippen LogP contribution in [-0.4, -0.2) is 105 Å². The minimum Gasteiger partial charge on any atom is -0.394 e. The summed E-state index contributed by atoms with van der Waals surface area (Å²) in [7, 11) is 0. The average Bonchev–Trinajstić information content (AvgIpc) is 2.91. The molecule has 3 fully saturated rings. The van der Waals surface area contributed by atoms with Crippen LogP contribution in [0.25, 0.3) is 0 Å². The Balaban J connectivity index is 1.86. The molecule has 0 radical (unpaired) electrons.